The predicted molar refractivity (Wildman–Crippen MR) is 86.3 cm³/mol. The highest BCUT2D eigenvalue weighted by atomic mass is 16.2. The second kappa shape index (κ2) is 6.46. The van der Waals surface area contributed by atoms with E-state index in [1.54, 1.807) is 0 Å². The van der Waals surface area contributed by atoms with Crippen LogP contribution in [0.25, 0.3) is 0 Å². The van der Waals surface area contributed by atoms with Gasteiger partial charge in [-0.2, -0.15) is 0 Å². The lowest BCUT2D eigenvalue weighted by molar-refractivity contribution is -0.151. The molecule has 23 heavy (non-hydrogen) atoms. The van der Waals surface area contributed by atoms with Crippen molar-refractivity contribution < 1.29 is 14.4 Å². The topological polar surface area (TPSA) is 57.7 Å². The molecule has 2 heterocycles. The fourth-order valence-electron chi connectivity index (χ4n) is 4.04. The van der Waals surface area contributed by atoms with Crippen molar-refractivity contribution in [3.05, 3.63) is 12.2 Å². The predicted octanol–water partition coefficient (Wildman–Crippen LogP) is 1.97. The summed E-state index contributed by atoms with van der Waals surface area (Å²) in [4.78, 5) is 41.7. The van der Waals surface area contributed by atoms with Crippen LogP contribution in [0.2, 0.25) is 0 Å². The highest BCUT2D eigenvalue weighted by Gasteiger charge is 2.51. The molecule has 0 aromatic rings. The van der Waals surface area contributed by atoms with Crippen LogP contribution in [0.4, 0.5) is 0 Å². The van der Waals surface area contributed by atoms with Crippen molar-refractivity contribution in [1.82, 2.24) is 9.80 Å². The molecular weight excluding hydrogens is 292 g/mol. The van der Waals surface area contributed by atoms with Gasteiger partial charge in [-0.15, -0.1) is 0 Å². The molecule has 2 saturated heterocycles. The van der Waals surface area contributed by atoms with Crippen LogP contribution in [0.1, 0.15) is 46.0 Å². The number of imide groups is 1. The summed E-state index contributed by atoms with van der Waals surface area (Å²) in [6, 6.07) is -0.612. The number of allylic oxidation sites excluding steroid dienone is 2. The smallest absolute Gasteiger partial charge is 0.245 e. The fraction of sp³-hybridized carbons (Fsp3) is 0.722. The van der Waals surface area contributed by atoms with E-state index in [1.165, 1.54) is 4.90 Å². The number of likely N-dealkylation sites (tertiary alicyclic amines) is 2. The van der Waals surface area contributed by atoms with Crippen molar-refractivity contribution in [2.75, 3.05) is 13.1 Å². The summed E-state index contributed by atoms with van der Waals surface area (Å²) in [5.74, 6) is -0.565. The first-order chi connectivity index (χ1) is 11.0. The first-order valence-electron chi connectivity index (χ1n) is 8.81. The number of rotatable bonds is 4. The summed E-state index contributed by atoms with van der Waals surface area (Å²) in [5, 5.41) is 0. The van der Waals surface area contributed by atoms with Gasteiger partial charge in [0.1, 0.15) is 6.04 Å². The Morgan fingerprint density at radius 2 is 1.61 bits per heavy atom. The molecule has 3 atom stereocenters. The zero-order valence-electron chi connectivity index (χ0n) is 14.0. The maximum Gasteiger partial charge on any atom is 0.245 e. The highest BCUT2D eigenvalue weighted by Crippen LogP contribution is 2.37. The third-order valence-electron chi connectivity index (χ3n) is 5.25. The Labute approximate surface area is 137 Å². The molecule has 1 aliphatic carbocycles. The van der Waals surface area contributed by atoms with Crippen molar-refractivity contribution in [3.8, 4) is 0 Å². The van der Waals surface area contributed by atoms with Gasteiger partial charge in [0.05, 0.1) is 11.8 Å². The summed E-state index contributed by atoms with van der Waals surface area (Å²) in [7, 11) is 0. The van der Waals surface area contributed by atoms with Gasteiger partial charge in [0.15, 0.2) is 0 Å². The largest absolute Gasteiger partial charge is 0.341 e. The van der Waals surface area contributed by atoms with Gasteiger partial charge in [0.25, 0.3) is 0 Å². The van der Waals surface area contributed by atoms with Gasteiger partial charge in [0.2, 0.25) is 17.7 Å². The molecule has 0 spiro atoms. The lowest BCUT2D eigenvalue weighted by atomic mass is 9.85. The van der Waals surface area contributed by atoms with Gasteiger partial charge < -0.3 is 4.90 Å². The Kier molecular flexibility index (Phi) is 4.55. The Bertz CT molecular complexity index is 508. The number of hydrogen-bond acceptors (Lipinski definition) is 3. The highest BCUT2D eigenvalue weighted by molar-refractivity contribution is 6.08. The molecule has 126 valence electrons. The standard InChI is InChI=1S/C18H26N2O3/c1-12(2)11-15(18(23)19-9-5-6-10-19)20-16(21)13-7-3-4-8-14(13)17(20)22/h3-4,12-15H,5-11H2,1-2H3. The molecule has 0 bridgehead atoms. The quantitative estimate of drug-likeness (QED) is 0.588. The van der Waals surface area contributed by atoms with Gasteiger partial charge >= 0.3 is 0 Å². The average Bonchev–Trinajstić information content (AvgIpc) is 3.14. The van der Waals surface area contributed by atoms with E-state index in [4.69, 9.17) is 0 Å². The van der Waals surface area contributed by atoms with Gasteiger partial charge in [-0.05, 0) is 38.0 Å². The first kappa shape index (κ1) is 16.2. The number of amides is 3. The van der Waals surface area contributed by atoms with Crippen LogP contribution >= 0.6 is 0 Å². The minimum atomic E-state index is -0.612. The molecule has 0 aromatic carbocycles. The molecule has 3 aliphatic rings. The first-order valence-corrected chi connectivity index (χ1v) is 8.81. The minimum absolute atomic E-state index is 0.0375. The zero-order valence-corrected chi connectivity index (χ0v) is 14.0. The number of nitrogens with zero attached hydrogens (tertiary/aromatic N) is 2. The van der Waals surface area contributed by atoms with Crippen LogP contribution in [0, 0.1) is 17.8 Å². The van der Waals surface area contributed by atoms with Gasteiger partial charge in [-0.25, -0.2) is 0 Å². The second-order valence-corrected chi connectivity index (χ2v) is 7.38. The summed E-state index contributed by atoms with van der Waals surface area (Å²) in [6.45, 7) is 5.56. The van der Waals surface area contributed by atoms with Crippen molar-refractivity contribution in [1.29, 1.82) is 0 Å². The van der Waals surface area contributed by atoms with E-state index < -0.39 is 6.04 Å². The van der Waals surface area contributed by atoms with Crippen LogP contribution < -0.4 is 0 Å². The maximum absolute atomic E-state index is 12.9. The van der Waals surface area contributed by atoms with Crippen molar-refractivity contribution in [2.45, 2.75) is 52.0 Å². The number of hydrogen-bond donors (Lipinski definition) is 0. The van der Waals surface area contributed by atoms with E-state index >= 15 is 0 Å². The molecular formula is C18H26N2O3. The van der Waals surface area contributed by atoms with E-state index in [0.717, 1.165) is 25.9 Å². The van der Waals surface area contributed by atoms with Gasteiger partial charge in [-0.1, -0.05) is 26.0 Å². The van der Waals surface area contributed by atoms with Crippen molar-refractivity contribution in [2.24, 2.45) is 17.8 Å². The molecule has 0 saturated carbocycles. The molecule has 0 N–H and O–H groups in total. The van der Waals surface area contributed by atoms with Crippen LogP contribution in [0.5, 0.6) is 0 Å². The van der Waals surface area contributed by atoms with E-state index in [2.05, 4.69) is 0 Å². The summed E-state index contributed by atoms with van der Waals surface area (Å²) >= 11 is 0. The Hall–Kier alpha value is -1.65. The zero-order chi connectivity index (χ0) is 16.6. The normalized spacial score (nSPS) is 28.7. The molecule has 0 aromatic heterocycles. The van der Waals surface area contributed by atoms with E-state index in [9.17, 15) is 14.4 Å². The molecule has 3 amide bonds. The molecule has 5 nitrogen and oxygen atoms in total. The monoisotopic (exact) mass is 318 g/mol. The fourth-order valence-corrected chi connectivity index (χ4v) is 4.04. The van der Waals surface area contributed by atoms with Crippen LogP contribution in [0.15, 0.2) is 12.2 Å². The van der Waals surface area contributed by atoms with Gasteiger partial charge in [-0.3, -0.25) is 19.3 Å². The van der Waals surface area contributed by atoms with Crippen LogP contribution in [0.3, 0.4) is 0 Å². The lowest BCUT2D eigenvalue weighted by Gasteiger charge is -2.30. The Morgan fingerprint density at radius 3 is 2.09 bits per heavy atom. The number of carbonyl (C=O) groups is 3. The van der Waals surface area contributed by atoms with E-state index in [1.807, 2.05) is 30.9 Å². The Morgan fingerprint density at radius 1 is 1.09 bits per heavy atom. The summed E-state index contributed by atoms with van der Waals surface area (Å²) in [5.41, 5.74) is 0. The molecule has 3 rings (SSSR count). The SMILES string of the molecule is CC(C)CC(C(=O)N1CCCC1)N1C(=O)C2CC=CCC2C1=O. The lowest BCUT2D eigenvalue weighted by Crippen LogP contribution is -2.51. The van der Waals surface area contributed by atoms with Crippen LogP contribution in [-0.4, -0.2) is 46.7 Å². The second-order valence-electron chi connectivity index (χ2n) is 7.38. The summed E-state index contributed by atoms with van der Waals surface area (Å²) < 4.78 is 0. The Balaban J connectivity index is 1.85. The third kappa shape index (κ3) is 2.93. The molecule has 5 heteroatoms. The number of carbonyl (C=O) groups excluding carboxylic acids is 3. The summed E-state index contributed by atoms with van der Waals surface area (Å²) in [6.07, 6.45) is 7.79. The van der Waals surface area contributed by atoms with Gasteiger partial charge in [0, 0.05) is 13.1 Å². The molecule has 3 unspecified atom stereocenters. The van der Waals surface area contributed by atoms with E-state index in [0.29, 0.717) is 19.3 Å². The molecule has 2 fully saturated rings. The van der Waals surface area contributed by atoms with Crippen molar-refractivity contribution >= 4 is 17.7 Å². The third-order valence-corrected chi connectivity index (χ3v) is 5.25. The number of fused-ring (bicyclic) bond motifs is 1. The van der Waals surface area contributed by atoms with E-state index in [-0.39, 0.29) is 35.5 Å². The van der Waals surface area contributed by atoms with Crippen LogP contribution in [-0.2, 0) is 14.4 Å². The maximum atomic E-state index is 12.9. The van der Waals surface area contributed by atoms with Crippen molar-refractivity contribution in [3.63, 3.8) is 0 Å². The average molecular weight is 318 g/mol. The minimum Gasteiger partial charge on any atom is -0.341 e. The molecule has 0 radical (unpaired) electrons. The molecule has 2 aliphatic heterocycles.